The van der Waals surface area contributed by atoms with Crippen LogP contribution in [0.15, 0.2) is 17.0 Å². The van der Waals surface area contributed by atoms with Crippen molar-refractivity contribution in [1.29, 1.82) is 0 Å². The molecule has 2 amide bonds. The number of fused-ring (bicyclic) bond motifs is 2. The lowest BCUT2D eigenvalue weighted by atomic mass is 9.78. The molecule has 1 aromatic carbocycles. The summed E-state index contributed by atoms with van der Waals surface area (Å²) in [6, 6.07) is 2.96. The molecule has 3 aliphatic rings. The van der Waals surface area contributed by atoms with Gasteiger partial charge in [0.25, 0.3) is 5.91 Å². The van der Waals surface area contributed by atoms with Gasteiger partial charge in [-0.3, -0.25) is 9.59 Å². The molecule has 2 fully saturated rings. The summed E-state index contributed by atoms with van der Waals surface area (Å²) < 4.78 is 31.0. The second kappa shape index (κ2) is 8.14. The molecule has 1 aliphatic carbocycles. The summed E-state index contributed by atoms with van der Waals surface area (Å²) in [6.45, 7) is 0.539. The van der Waals surface area contributed by atoms with Crippen LogP contribution in [0.5, 0.6) is 5.75 Å². The van der Waals surface area contributed by atoms with Crippen LogP contribution >= 0.6 is 11.6 Å². The van der Waals surface area contributed by atoms with E-state index in [0.29, 0.717) is 18.2 Å². The van der Waals surface area contributed by atoms with Crippen LogP contribution in [0.3, 0.4) is 0 Å². The van der Waals surface area contributed by atoms with Crippen LogP contribution in [-0.2, 0) is 19.4 Å². The van der Waals surface area contributed by atoms with E-state index in [2.05, 4.69) is 5.32 Å². The third-order valence-corrected chi connectivity index (χ3v) is 8.32. The van der Waals surface area contributed by atoms with Crippen LogP contribution in [-0.4, -0.2) is 50.1 Å². The van der Waals surface area contributed by atoms with Crippen LogP contribution in [0.2, 0.25) is 5.02 Å². The molecule has 1 aromatic rings. The van der Waals surface area contributed by atoms with E-state index in [1.54, 1.807) is 0 Å². The van der Waals surface area contributed by atoms with Gasteiger partial charge in [0.2, 0.25) is 5.91 Å². The monoisotopic (exact) mass is 440 g/mol. The molecule has 2 atom stereocenters. The largest absolute Gasteiger partial charge is 0.482 e. The van der Waals surface area contributed by atoms with Crippen molar-refractivity contribution >= 4 is 38.9 Å². The summed E-state index contributed by atoms with van der Waals surface area (Å²) in [5, 5.41) is 2.60. The van der Waals surface area contributed by atoms with Gasteiger partial charge in [-0.05, 0) is 37.7 Å². The number of benzene rings is 1. The van der Waals surface area contributed by atoms with Gasteiger partial charge in [0.05, 0.1) is 21.4 Å². The van der Waals surface area contributed by atoms with Gasteiger partial charge in [-0.15, -0.1) is 0 Å². The molecular weight excluding hydrogens is 416 g/mol. The fraction of sp³-hybridized carbons (Fsp3) is 0.600. The smallest absolute Gasteiger partial charge is 0.262 e. The molecule has 158 valence electrons. The van der Waals surface area contributed by atoms with Crippen LogP contribution in [0, 0.1) is 5.92 Å². The normalized spacial score (nSPS) is 24.2. The van der Waals surface area contributed by atoms with E-state index in [1.165, 1.54) is 18.6 Å². The summed E-state index contributed by atoms with van der Waals surface area (Å²) in [7, 11) is -3.77. The fourth-order valence-corrected chi connectivity index (χ4v) is 6.55. The van der Waals surface area contributed by atoms with Gasteiger partial charge in [-0.1, -0.05) is 24.4 Å². The van der Waals surface area contributed by atoms with Crippen molar-refractivity contribution in [2.24, 2.45) is 5.92 Å². The summed E-state index contributed by atoms with van der Waals surface area (Å²) in [4.78, 5) is 26.1. The zero-order chi connectivity index (χ0) is 20.6. The number of anilines is 1. The number of hydrogen-bond acceptors (Lipinski definition) is 5. The average Bonchev–Trinajstić information content (AvgIpc) is 2.71. The second-order valence-electron chi connectivity index (χ2n) is 8.03. The highest BCUT2D eigenvalue weighted by atomic mass is 35.5. The van der Waals surface area contributed by atoms with Crippen molar-refractivity contribution in [2.45, 2.75) is 55.9 Å². The Bertz CT molecular complexity index is 931. The minimum atomic E-state index is -3.77. The molecule has 0 bridgehead atoms. The number of amides is 2. The molecule has 2 unspecified atom stereocenters. The van der Waals surface area contributed by atoms with E-state index in [9.17, 15) is 18.0 Å². The predicted octanol–water partition coefficient (Wildman–Crippen LogP) is 3.02. The number of piperidine rings is 1. The molecule has 29 heavy (non-hydrogen) atoms. The molecule has 4 rings (SSSR count). The van der Waals surface area contributed by atoms with Crippen LogP contribution in [0.25, 0.3) is 0 Å². The first-order valence-corrected chi connectivity index (χ1v) is 12.2. The molecule has 7 nitrogen and oxygen atoms in total. The zero-order valence-electron chi connectivity index (χ0n) is 16.2. The number of rotatable bonds is 4. The van der Waals surface area contributed by atoms with E-state index in [4.69, 9.17) is 16.3 Å². The van der Waals surface area contributed by atoms with E-state index in [0.717, 1.165) is 32.1 Å². The van der Waals surface area contributed by atoms with Crippen molar-refractivity contribution in [3.8, 4) is 5.75 Å². The van der Waals surface area contributed by atoms with Crippen molar-refractivity contribution in [3.63, 3.8) is 0 Å². The minimum Gasteiger partial charge on any atom is -0.482 e. The number of ether oxygens (including phenoxy) is 1. The first-order chi connectivity index (χ1) is 13.8. The Morgan fingerprint density at radius 2 is 1.97 bits per heavy atom. The Morgan fingerprint density at radius 1 is 1.21 bits per heavy atom. The van der Waals surface area contributed by atoms with E-state index >= 15 is 0 Å². The summed E-state index contributed by atoms with van der Waals surface area (Å²) in [6.07, 6.45) is 6.61. The van der Waals surface area contributed by atoms with Crippen molar-refractivity contribution in [2.75, 3.05) is 24.2 Å². The molecule has 9 heteroatoms. The third kappa shape index (κ3) is 4.23. The van der Waals surface area contributed by atoms with Crippen LogP contribution in [0.1, 0.15) is 44.9 Å². The highest BCUT2D eigenvalue weighted by molar-refractivity contribution is 7.91. The van der Waals surface area contributed by atoms with Crippen LogP contribution < -0.4 is 10.1 Å². The predicted molar refractivity (Wildman–Crippen MR) is 109 cm³/mol. The Kier molecular flexibility index (Phi) is 5.75. The van der Waals surface area contributed by atoms with Gasteiger partial charge in [-0.25, -0.2) is 8.42 Å². The number of nitrogens with one attached hydrogen (secondary N) is 1. The van der Waals surface area contributed by atoms with Crippen molar-refractivity contribution in [1.82, 2.24) is 4.90 Å². The number of carbonyl (C=O) groups is 2. The lowest BCUT2D eigenvalue weighted by Crippen LogP contribution is -2.49. The van der Waals surface area contributed by atoms with E-state index < -0.39 is 9.84 Å². The van der Waals surface area contributed by atoms with E-state index in [1.807, 2.05) is 4.90 Å². The van der Waals surface area contributed by atoms with Gasteiger partial charge in [0, 0.05) is 25.1 Å². The number of sulfone groups is 1. The fourth-order valence-electron chi connectivity index (χ4n) is 4.73. The minimum absolute atomic E-state index is 0.00677. The quantitative estimate of drug-likeness (QED) is 0.776. The van der Waals surface area contributed by atoms with Crippen LogP contribution in [0.4, 0.5) is 5.69 Å². The zero-order valence-corrected chi connectivity index (χ0v) is 17.7. The van der Waals surface area contributed by atoms with E-state index in [-0.39, 0.29) is 52.3 Å². The molecule has 1 saturated heterocycles. The molecule has 1 saturated carbocycles. The Labute approximate surface area is 175 Å². The first-order valence-electron chi connectivity index (χ1n) is 10.1. The Hall–Kier alpha value is -1.80. The molecule has 2 heterocycles. The SMILES string of the molecule is O=C1COc2cc(S(=O)(=O)CCC(=O)N3CCCC4CCCCC43)c(Cl)cc2N1. The van der Waals surface area contributed by atoms with Crippen molar-refractivity contribution < 1.29 is 22.7 Å². The summed E-state index contributed by atoms with van der Waals surface area (Å²) in [5.74, 6) is 0.102. The molecule has 0 radical (unpaired) electrons. The molecule has 2 aliphatic heterocycles. The topological polar surface area (TPSA) is 92.8 Å². The van der Waals surface area contributed by atoms with Crippen molar-refractivity contribution in [3.05, 3.63) is 17.2 Å². The number of likely N-dealkylation sites (tertiary alicyclic amines) is 1. The Morgan fingerprint density at radius 3 is 2.79 bits per heavy atom. The van der Waals surface area contributed by atoms with Gasteiger partial charge >= 0.3 is 0 Å². The summed E-state index contributed by atoms with van der Waals surface area (Å²) >= 11 is 6.17. The summed E-state index contributed by atoms with van der Waals surface area (Å²) in [5.41, 5.74) is 0.345. The molecule has 0 aromatic heterocycles. The Balaban J connectivity index is 1.46. The first kappa shape index (κ1) is 20.5. The maximum absolute atomic E-state index is 12.9. The highest BCUT2D eigenvalue weighted by Crippen LogP contribution is 2.37. The van der Waals surface area contributed by atoms with Gasteiger partial charge in [-0.2, -0.15) is 0 Å². The number of carbonyl (C=O) groups excluding carboxylic acids is 2. The third-order valence-electron chi connectivity index (χ3n) is 6.15. The molecular formula is C20H25ClN2O5S. The number of halogens is 1. The van der Waals surface area contributed by atoms with Gasteiger partial charge in [0.1, 0.15) is 5.75 Å². The van der Waals surface area contributed by atoms with Gasteiger partial charge in [0.15, 0.2) is 16.4 Å². The number of nitrogens with zero attached hydrogens (tertiary/aromatic N) is 1. The second-order valence-corrected chi connectivity index (χ2v) is 10.5. The molecule has 0 spiro atoms. The highest BCUT2D eigenvalue weighted by Gasteiger charge is 2.36. The standard InChI is InChI=1S/C20H25ClN2O5S/c21-14-10-15-17(28-12-19(24)22-15)11-18(14)29(26,27)9-7-20(25)23-8-3-5-13-4-1-2-6-16(13)23/h10-11,13,16H,1-9,12H2,(H,22,24). The maximum atomic E-state index is 12.9. The lowest BCUT2D eigenvalue weighted by molar-refractivity contribution is -0.137. The maximum Gasteiger partial charge on any atom is 0.262 e. The molecule has 1 N–H and O–H groups in total. The lowest BCUT2D eigenvalue weighted by Gasteiger charge is -2.44. The van der Waals surface area contributed by atoms with Gasteiger partial charge < -0.3 is 15.0 Å². The average molecular weight is 441 g/mol. The number of hydrogen-bond donors (Lipinski definition) is 1.